The lowest BCUT2D eigenvalue weighted by Crippen LogP contribution is -2.30. The summed E-state index contributed by atoms with van der Waals surface area (Å²) in [5.41, 5.74) is 2.37. The molecule has 4 rings (SSSR count). The molecule has 1 amide bonds. The highest BCUT2D eigenvalue weighted by Crippen LogP contribution is 2.38. The summed E-state index contributed by atoms with van der Waals surface area (Å²) in [6, 6.07) is 14.0. The molecule has 1 aromatic heterocycles. The molecule has 0 saturated carbocycles. The number of thiophene rings is 1. The Morgan fingerprint density at radius 1 is 0.973 bits per heavy atom. The third-order valence-corrected chi connectivity index (χ3v) is 8.57. The van der Waals surface area contributed by atoms with Crippen LogP contribution in [0.1, 0.15) is 57.3 Å². The van der Waals surface area contributed by atoms with Crippen LogP contribution in [0.4, 0.5) is 10.7 Å². The first-order chi connectivity index (χ1) is 17.8. The summed E-state index contributed by atoms with van der Waals surface area (Å²) in [5, 5.41) is 7.05. The van der Waals surface area contributed by atoms with Crippen molar-refractivity contribution >= 4 is 61.3 Å². The van der Waals surface area contributed by atoms with Crippen LogP contribution in [0.25, 0.3) is 0 Å². The summed E-state index contributed by atoms with van der Waals surface area (Å²) < 4.78 is 32.6. The number of ether oxygens (including phenoxy) is 1. The van der Waals surface area contributed by atoms with Gasteiger partial charge in [-0.1, -0.05) is 24.6 Å². The van der Waals surface area contributed by atoms with Gasteiger partial charge in [0.2, 0.25) is 0 Å². The molecular formula is C26H27N3O5S3. The first kappa shape index (κ1) is 26.8. The minimum Gasteiger partial charge on any atom is -0.462 e. The van der Waals surface area contributed by atoms with Gasteiger partial charge in [0.25, 0.3) is 15.9 Å². The maximum absolute atomic E-state index is 12.7. The second kappa shape index (κ2) is 11.8. The molecule has 1 heterocycles. The van der Waals surface area contributed by atoms with E-state index in [1.807, 2.05) is 0 Å². The Bertz CT molecular complexity index is 1400. The quantitative estimate of drug-likeness (QED) is 0.208. The third kappa shape index (κ3) is 6.54. The molecule has 37 heavy (non-hydrogen) atoms. The normalized spacial score (nSPS) is 13.1. The number of nitrogens with one attached hydrogen (secondary N) is 3. The van der Waals surface area contributed by atoms with Gasteiger partial charge in [0.1, 0.15) is 5.00 Å². The van der Waals surface area contributed by atoms with Gasteiger partial charge in [-0.2, -0.15) is 0 Å². The van der Waals surface area contributed by atoms with E-state index >= 15 is 0 Å². The van der Waals surface area contributed by atoms with E-state index in [1.54, 1.807) is 37.3 Å². The number of aryl methyl sites for hydroxylation is 1. The van der Waals surface area contributed by atoms with E-state index in [4.69, 9.17) is 17.0 Å². The minimum absolute atomic E-state index is 0.0622. The van der Waals surface area contributed by atoms with Crippen molar-refractivity contribution in [1.82, 2.24) is 4.72 Å². The van der Waals surface area contributed by atoms with Gasteiger partial charge in [-0.3, -0.25) is 4.79 Å². The van der Waals surface area contributed by atoms with Gasteiger partial charge in [0, 0.05) is 16.1 Å². The Morgan fingerprint density at radius 2 is 1.68 bits per heavy atom. The van der Waals surface area contributed by atoms with Crippen LogP contribution < -0.4 is 15.4 Å². The van der Waals surface area contributed by atoms with Gasteiger partial charge < -0.3 is 15.4 Å². The first-order valence-electron chi connectivity index (χ1n) is 11.9. The Kier molecular flexibility index (Phi) is 8.57. The predicted molar refractivity (Wildman–Crippen MR) is 149 cm³/mol. The highest BCUT2D eigenvalue weighted by molar-refractivity contribution is 7.90. The maximum Gasteiger partial charge on any atom is 0.341 e. The Morgan fingerprint density at radius 3 is 2.38 bits per heavy atom. The molecule has 0 radical (unpaired) electrons. The fraction of sp³-hybridized carbons (Fsp3) is 0.269. The van der Waals surface area contributed by atoms with Crippen molar-refractivity contribution in [1.29, 1.82) is 0 Å². The van der Waals surface area contributed by atoms with Crippen LogP contribution >= 0.6 is 23.6 Å². The lowest BCUT2D eigenvalue weighted by Gasteiger charge is -2.12. The summed E-state index contributed by atoms with van der Waals surface area (Å²) in [7, 11) is -4.05. The van der Waals surface area contributed by atoms with Crippen molar-refractivity contribution in [2.45, 2.75) is 43.9 Å². The van der Waals surface area contributed by atoms with E-state index in [0.717, 1.165) is 37.7 Å². The third-order valence-electron chi connectivity index (χ3n) is 5.81. The summed E-state index contributed by atoms with van der Waals surface area (Å²) >= 11 is 6.99. The number of carbonyl (C=O) groups is 2. The standard InChI is InChI=1S/C26H27N3O5S3/c1-2-34-25(31)22-20-11-7-4-8-12-21(20)36-24(22)28-26(35)27-18-13-15-19(16-14-18)37(32,33)29-23(30)17-9-5-3-6-10-17/h3,5-6,9-10,13-16H,2,4,7-8,11-12H2,1H3,(H,29,30)(H2,27,28,35). The number of hydrogen-bond donors (Lipinski definition) is 3. The van der Waals surface area contributed by atoms with Crippen molar-refractivity contribution in [2.24, 2.45) is 0 Å². The highest BCUT2D eigenvalue weighted by atomic mass is 32.2. The number of anilines is 2. The number of benzene rings is 2. The summed E-state index contributed by atoms with van der Waals surface area (Å²) in [6.07, 6.45) is 5.00. The van der Waals surface area contributed by atoms with E-state index in [1.165, 1.54) is 40.5 Å². The van der Waals surface area contributed by atoms with Crippen LogP contribution in [-0.4, -0.2) is 32.0 Å². The van der Waals surface area contributed by atoms with Gasteiger partial charge in [0.15, 0.2) is 5.11 Å². The largest absolute Gasteiger partial charge is 0.462 e. The van der Waals surface area contributed by atoms with E-state index in [9.17, 15) is 18.0 Å². The number of esters is 1. The van der Waals surface area contributed by atoms with Gasteiger partial charge in [0.05, 0.1) is 17.1 Å². The van der Waals surface area contributed by atoms with Crippen LogP contribution in [-0.2, 0) is 27.6 Å². The molecule has 0 aliphatic heterocycles. The molecule has 3 aromatic rings. The molecule has 3 N–H and O–H groups in total. The van der Waals surface area contributed by atoms with Gasteiger partial charge in [-0.05, 0) is 86.8 Å². The molecule has 1 aliphatic rings. The second-order valence-electron chi connectivity index (χ2n) is 8.39. The number of amides is 1. The van der Waals surface area contributed by atoms with E-state index < -0.39 is 15.9 Å². The average molecular weight is 558 g/mol. The zero-order valence-corrected chi connectivity index (χ0v) is 22.7. The number of sulfonamides is 1. The van der Waals surface area contributed by atoms with Crippen LogP contribution in [0, 0.1) is 0 Å². The Hall–Kier alpha value is -3.28. The summed E-state index contributed by atoms with van der Waals surface area (Å²) in [6.45, 7) is 2.06. The van der Waals surface area contributed by atoms with Crippen molar-refractivity contribution in [3.63, 3.8) is 0 Å². The molecular weight excluding hydrogens is 531 g/mol. The topological polar surface area (TPSA) is 114 Å². The van der Waals surface area contributed by atoms with Crippen molar-refractivity contribution < 1.29 is 22.7 Å². The van der Waals surface area contributed by atoms with Crippen LogP contribution in [0.3, 0.4) is 0 Å². The first-order valence-corrected chi connectivity index (χ1v) is 14.6. The number of rotatable bonds is 7. The second-order valence-corrected chi connectivity index (χ2v) is 11.6. The Labute approximate surface area is 225 Å². The monoisotopic (exact) mass is 557 g/mol. The molecule has 0 saturated heterocycles. The lowest BCUT2D eigenvalue weighted by molar-refractivity contribution is 0.0526. The summed E-state index contributed by atoms with van der Waals surface area (Å²) in [5.74, 6) is -1.07. The van der Waals surface area contributed by atoms with Crippen LogP contribution in [0.2, 0.25) is 0 Å². The fourth-order valence-electron chi connectivity index (χ4n) is 4.06. The molecule has 1 aliphatic carbocycles. The number of carbonyl (C=O) groups excluding carboxylic acids is 2. The predicted octanol–water partition coefficient (Wildman–Crippen LogP) is 5.12. The molecule has 0 bridgehead atoms. The van der Waals surface area contributed by atoms with Crippen LogP contribution in [0.5, 0.6) is 0 Å². The molecule has 0 spiro atoms. The molecule has 2 aromatic carbocycles. The summed E-state index contributed by atoms with van der Waals surface area (Å²) in [4.78, 5) is 26.1. The number of thiocarbonyl (C=S) groups is 1. The zero-order chi connectivity index (χ0) is 26.4. The smallest absolute Gasteiger partial charge is 0.341 e. The molecule has 8 nitrogen and oxygen atoms in total. The lowest BCUT2D eigenvalue weighted by atomic mass is 10.1. The van der Waals surface area contributed by atoms with Gasteiger partial charge >= 0.3 is 5.97 Å². The number of hydrogen-bond acceptors (Lipinski definition) is 7. The molecule has 0 fully saturated rings. The van der Waals surface area contributed by atoms with E-state index in [2.05, 4.69) is 15.4 Å². The molecule has 194 valence electrons. The molecule has 0 atom stereocenters. The van der Waals surface area contributed by atoms with Gasteiger partial charge in [-0.15, -0.1) is 11.3 Å². The van der Waals surface area contributed by atoms with E-state index in [-0.39, 0.29) is 28.1 Å². The number of fused-ring (bicyclic) bond motifs is 1. The SMILES string of the molecule is CCOC(=O)c1c(NC(=S)Nc2ccc(S(=O)(=O)NC(=O)c3ccccc3)cc2)sc2c1CCCCC2. The fourth-order valence-corrected chi connectivity index (χ4v) is 6.60. The zero-order valence-electron chi connectivity index (χ0n) is 20.2. The van der Waals surface area contributed by atoms with Gasteiger partial charge in [-0.25, -0.2) is 17.9 Å². The highest BCUT2D eigenvalue weighted by Gasteiger charge is 2.26. The van der Waals surface area contributed by atoms with Crippen molar-refractivity contribution in [3.8, 4) is 0 Å². The maximum atomic E-state index is 12.7. The van der Waals surface area contributed by atoms with E-state index in [0.29, 0.717) is 16.3 Å². The average Bonchev–Trinajstić information content (AvgIpc) is 3.04. The minimum atomic E-state index is -4.05. The van der Waals surface area contributed by atoms with Crippen molar-refractivity contribution in [3.05, 3.63) is 76.2 Å². The van der Waals surface area contributed by atoms with Crippen LogP contribution in [0.15, 0.2) is 59.5 Å². The van der Waals surface area contributed by atoms with Crippen molar-refractivity contribution in [2.75, 3.05) is 17.2 Å². The molecule has 11 heteroatoms. The Balaban J connectivity index is 1.45. The molecule has 0 unspecified atom stereocenters.